The zero-order valence-electron chi connectivity index (χ0n) is 10.6. The van der Waals surface area contributed by atoms with Gasteiger partial charge in [-0.05, 0) is 19.1 Å². The largest absolute Gasteiger partial charge is 0.469 e. The summed E-state index contributed by atoms with van der Waals surface area (Å²) in [6, 6.07) is 5.91. The minimum atomic E-state index is -0.518. The van der Waals surface area contributed by atoms with E-state index in [1.807, 2.05) is 0 Å². The van der Waals surface area contributed by atoms with Gasteiger partial charge in [-0.25, -0.2) is 9.07 Å². The van der Waals surface area contributed by atoms with E-state index in [2.05, 4.69) is 9.84 Å². The summed E-state index contributed by atoms with van der Waals surface area (Å²) in [7, 11) is 1.25. The minimum Gasteiger partial charge on any atom is -0.469 e. The van der Waals surface area contributed by atoms with Crippen LogP contribution in [0.4, 0.5) is 4.39 Å². The summed E-state index contributed by atoms with van der Waals surface area (Å²) in [4.78, 5) is 23.4. The topological polar surface area (TPSA) is 64.1 Å². The van der Waals surface area contributed by atoms with E-state index >= 15 is 0 Å². The third kappa shape index (κ3) is 2.42. The van der Waals surface area contributed by atoms with Gasteiger partial charge in [-0.2, -0.15) is 0 Å². The molecule has 0 atom stereocenters. The van der Waals surface area contributed by atoms with Crippen LogP contribution in [0.3, 0.4) is 0 Å². The Balaban J connectivity index is 2.51. The average molecular weight is 264 g/mol. The molecule has 0 radical (unpaired) electrons. The number of nitrogens with one attached hydrogen (secondary N) is 1. The van der Waals surface area contributed by atoms with Crippen LogP contribution < -0.4 is 5.56 Å². The lowest BCUT2D eigenvalue weighted by Crippen LogP contribution is -2.20. The molecule has 0 saturated heterocycles. The first-order chi connectivity index (χ1) is 9.04. The summed E-state index contributed by atoms with van der Waals surface area (Å²) >= 11 is 0. The van der Waals surface area contributed by atoms with Crippen LogP contribution in [0.5, 0.6) is 0 Å². The van der Waals surface area contributed by atoms with Crippen LogP contribution >= 0.6 is 0 Å². The Hall–Kier alpha value is -2.37. The Kier molecular flexibility index (Phi) is 3.50. The van der Waals surface area contributed by atoms with Crippen LogP contribution in [0.15, 0.2) is 29.1 Å². The van der Waals surface area contributed by atoms with Crippen molar-refractivity contribution in [1.29, 1.82) is 0 Å². The highest BCUT2D eigenvalue weighted by molar-refractivity contribution is 5.72. The van der Waals surface area contributed by atoms with Crippen LogP contribution in [0.2, 0.25) is 0 Å². The van der Waals surface area contributed by atoms with Crippen molar-refractivity contribution in [3.8, 4) is 5.69 Å². The Morgan fingerprint density at radius 2 is 2.11 bits per heavy atom. The second kappa shape index (κ2) is 5.09. The molecule has 1 N–H and O–H groups in total. The van der Waals surface area contributed by atoms with Gasteiger partial charge in [0.05, 0.1) is 19.1 Å². The van der Waals surface area contributed by atoms with Crippen LogP contribution in [0.25, 0.3) is 5.69 Å². The number of aromatic amines is 1. The van der Waals surface area contributed by atoms with E-state index in [-0.39, 0.29) is 17.7 Å². The van der Waals surface area contributed by atoms with Gasteiger partial charge in [-0.1, -0.05) is 12.1 Å². The van der Waals surface area contributed by atoms with Gasteiger partial charge in [0.1, 0.15) is 11.5 Å². The maximum atomic E-state index is 13.7. The fourth-order valence-electron chi connectivity index (χ4n) is 1.81. The number of aryl methyl sites for hydroxylation is 1. The van der Waals surface area contributed by atoms with E-state index in [1.165, 1.54) is 25.3 Å². The first kappa shape index (κ1) is 13.1. The Morgan fingerprint density at radius 1 is 1.42 bits per heavy atom. The van der Waals surface area contributed by atoms with Crippen LogP contribution in [-0.4, -0.2) is 22.9 Å². The Labute approximate surface area is 108 Å². The van der Waals surface area contributed by atoms with Crippen molar-refractivity contribution in [1.82, 2.24) is 9.78 Å². The molecule has 0 fully saturated rings. The number of hydrogen-bond donors (Lipinski definition) is 1. The number of esters is 1. The molecular formula is C13H13FN2O3. The van der Waals surface area contributed by atoms with Crippen molar-refractivity contribution in [2.75, 3.05) is 7.11 Å². The minimum absolute atomic E-state index is 0.117. The third-order valence-electron chi connectivity index (χ3n) is 2.84. The number of rotatable bonds is 3. The molecule has 0 aliphatic rings. The number of hydrogen-bond acceptors (Lipinski definition) is 3. The highest BCUT2D eigenvalue weighted by Gasteiger charge is 2.17. The molecule has 5 nitrogen and oxygen atoms in total. The number of carbonyl (C=O) groups is 1. The van der Waals surface area contributed by atoms with E-state index in [0.717, 1.165) is 4.68 Å². The molecule has 19 heavy (non-hydrogen) atoms. The SMILES string of the molecule is COC(=O)Cc1c(C)[nH]n(-c2ccccc2F)c1=O. The van der Waals surface area contributed by atoms with Gasteiger partial charge < -0.3 is 4.74 Å². The number of methoxy groups -OCH3 is 1. The number of ether oxygens (including phenoxy) is 1. The van der Waals surface area contributed by atoms with Crippen LogP contribution in [0, 0.1) is 12.7 Å². The Morgan fingerprint density at radius 3 is 2.74 bits per heavy atom. The number of benzene rings is 1. The standard InChI is InChI=1S/C13H13FN2O3/c1-8-9(7-12(17)19-2)13(18)16(15-8)11-6-4-3-5-10(11)14/h3-6,15H,7H2,1-2H3. The number of para-hydroxylation sites is 1. The van der Waals surface area contributed by atoms with Gasteiger partial charge in [-0.15, -0.1) is 0 Å². The summed E-state index contributed by atoms with van der Waals surface area (Å²) in [6.07, 6.45) is -0.140. The van der Waals surface area contributed by atoms with Gasteiger partial charge in [0.2, 0.25) is 0 Å². The second-order valence-corrected chi connectivity index (χ2v) is 4.06. The molecule has 1 aromatic heterocycles. The van der Waals surface area contributed by atoms with E-state index in [9.17, 15) is 14.0 Å². The van der Waals surface area contributed by atoms with Crippen LogP contribution in [0.1, 0.15) is 11.3 Å². The Bertz CT molecular complexity index is 673. The third-order valence-corrected chi connectivity index (χ3v) is 2.84. The molecule has 1 aromatic carbocycles. The summed E-state index contributed by atoms with van der Waals surface area (Å²) in [5.41, 5.74) is 0.452. The molecule has 2 aromatic rings. The zero-order chi connectivity index (χ0) is 14.0. The fourth-order valence-corrected chi connectivity index (χ4v) is 1.81. The molecule has 0 aliphatic heterocycles. The van der Waals surface area contributed by atoms with E-state index in [1.54, 1.807) is 13.0 Å². The van der Waals surface area contributed by atoms with Crippen molar-refractivity contribution >= 4 is 5.97 Å². The monoisotopic (exact) mass is 264 g/mol. The predicted octanol–water partition coefficient (Wildman–Crippen LogP) is 1.33. The second-order valence-electron chi connectivity index (χ2n) is 4.06. The zero-order valence-corrected chi connectivity index (χ0v) is 10.6. The maximum absolute atomic E-state index is 13.7. The first-order valence-corrected chi connectivity index (χ1v) is 5.66. The lowest BCUT2D eigenvalue weighted by atomic mass is 10.2. The predicted molar refractivity (Wildman–Crippen MR) is 66.8 cm³/mol. The number of aromatic nitrogens is 2. The summed E-state index contributed by atoms with van der Waals surface area (Å²) in [6.45, 7) is 1.65. The summed E-state index contributed by atoms with van der Waals surface area (Å²) < 4.78 is 19.3. The number of H-pyrrole nitrogens is 1. The van der Waals surface area contributed by atoms with Gasteiger partial charge >= 0.3 is 5.97 Å². The number of halogens is 1. The summed E-state index contributed by atoms with van der Waals surface area (Å²) in [5, 5.41) is 2.76. The van der Waals surface area contributed by atoms with E-state index in [4.69, 9.17) is 0 Å². The molecule has 2 rings (SSSR count). The quantitative estimate of drug-likeness (QED) is 0.850. The molecule has 0 spiro atoms. The van der Waals surface area contributed by atoms with Gasteiger partial charge in [0, 0.05) is 5.69 Å². The molecule has 0 amide bonds. The average Bonchev–Trinajstić information content (AvgIpc) is 2.67. The molecule has 0 unspecified atom stereocenters. The molecule has 100 valence electrons. The van der Waals surface area contributed by atoms with Crippen molar-refractivity contribution in [2.24, 2.45) is 0 Å². The number of nitrogens with zero attached hydrogens (tertiary/aromatic N) is 1. The molecule has 0 bridgehead atoms. The smallest absolute Gasteiger partial charge is 0.310 e. The normalized spacial score (nSPS) is 10.5. The van der Waals surface area contributed by atoms with Gasteiger partial charge in [0.15, 0.2) is 0 Å². The lowest BCUT2D eigenvalue weighted by Gasteiger charge is -2.02. The summed E-state index contributed by atoms with van der Waals surface area (Å²) in [5.74, 6) is -1.03. The molecule has 1 heterocycles. The molecular weight excluding hydrogens is 251 g/mol. The van der Waals surface area contributed by atoms with Gasteiger partial charge in [-0.3, -0.25) is 14.7 Å². The highest BCUT2D eigenvalue weighted by atomic mass is 19.1. The van der Waals surface area contributed by atoms with Crippen molar-refractivity contribution in [3.63, 3.8) is 0 Å². The van der Waals surface area contributed by atoms with E-state index in [0.29, 0.717) is 5.69 Å². The molecule has 6 heteroatoms. The van der Waals surface area contributed by atoms with Crippen molar-refractivity contribution < 1.29 is 13.9 Å². The molecule has 0 aliphatic carbocycles. The van der Waals surface area contributed by atoms with Gasteiger partial charge in [0.25, 0.3) is 5.56 Å². The molecule has 0 saturated carbocycles. The fraction of sp³-hybridized carbons (Fsp3) is 0.231. The first-order valence-electron chi connectivity index (χ1n) is 5.66. The van der Waals surface area contributed by atoms with E-state index < -0.39 is 17.3 Å². The van der Waals surface area contributed by atoms with Crippen LogP contribution in [-0.2, 0) is 16.0 Å². The van der Waals surface area contributed by atoms with Crippen molar-refractivity contribution in [2.45, 2.75) is 13.3 Å². The van der Waals surface area contributed by atoms with Crippen molar-refractivity contribution in [3.05, 3.63) is 51.7 Å². The maximum Gasteiger partial charge on any atom is 0.310 e. The number of carbonyl (C=O) groups excluding carboxylic acids is 1. The lowest BCUT2D eigenvalue weighted by molar-refractivity contribution is -0.139. The highest BCUT2D eigenvalue weighted by Crippen LogP contribution is 2.11.